The van der Waals surface area contributed by atoms with Crippen LogP contribution in [0.4, 0.5) is 0 Å². The zero-order valence-corrected chi connectivity index (χ0v) is 12.6. The average molecular weight is 278 g/mol. The number of thioether (sulfide) groups is 1. The van der Waals surface area contributed by atoms with E-state index in [9.17, 15) is 4.79 Å². The van der Waals surface area contributed by atoms with Crippen LogP contribution in [0, 0.1) is 13.8 Å². The van der Waals surface area contributed by atoms with E-state index in [0.717, 1.165) is 32.6 Å². The first-order valence-corrected chi connectivity index (χ1v) is 7.84. The smallest absolute Gasteiger partial charge is 0.232 e. The second kappa shape index (κ2) is 6.96. The van der Waals surface area contributed by atoms with E-state index in [2.05, 4.69) is 37.4 Å². The monoisotopic (exact) mass is 278 g/mol. The zero-order chi connectivity index (χ0) is 13.7. The summed E-state index contributed by atoms with van der Waals surface area (Å²) in [5.74, 6) is 0.804. The number of nitrogens with one attached hydrogen (secondary N) is 1. The van der Waals surface area contributed by atoms with Crippen LogP contribution in [0.2, 0.25) is 0 Å². The Bertz CT molecular complexity index is 440. The first-order valence-electron chi connectivity index (χ1n) is 6.85. The van der Waals surface area contributed by atoms with Gasteiger partial charge in [0, 0.05) is 24.5 Å². The standard InChI is InChI=1S/C15H22N2OS/c1-12-4-5-14(13(2)10-12)19-11-15(18)17-8-3-6-16-7-9-17/h4-5,10,16H,3,6-9,11H2,1-2H3. The van der Waals surface area contributed by atoms with Crippen molar-refractivity contribution in [1.29, 1.82) is 0 Å². The van der Waals surface area contributed by atoms with Gasteiger partial charge >= 0.3 is 0 Å². The zero-order valence-electron chi connectivity index (χ0n) is 11.7. The van der Waals surface area contributed by atoms with Gasteiger partial charge in [0.25, 0.3) is 0 Å². The number of carbonyl (C=O) groups is 1. The van der Waals surface area contributed by atoms with Crippen molar-refractivity contribution >= 4 is 17.7 Å². The number of hydrogen-bond donors (Lipinski definition) is 1. The van der Waals surface area contributed by atoms with Crippen LogP contribution in [0.1, 0.15) is 17.5 Å². The molecule has 1 N–H and O–H groups in total. The fraction of sp³-hybridized carbons (Fsp3) is 0.533. The average Bonchev–Trinajstić information content (AvgIpc) is 2.66. The Morgan fingerprint density at radius 2 is 2.16 bits per heavy atom. The molecule has 3 nitrogen and oxygen atoms in total. The highest BCUT2D eigenvalue weighted by atomic mass is 32.2. The Hall–Kier alpha value is -1.00. The fourth-order valence-corrected chi connectivity index (χ4v) is 3.20. The van der Waals surface area contributed by atoms with Crippen molar-refractivity contribution in [2.24, 2.45) is 0 Å². The summed E-state index contributed by atoms with van der Waals surface area (Å²) in [6.07, 6.45) is 1.06. The molecule has 1 saturated heterocycles. The number of amides is 1. The summed E-state index contributed by atoms with van der Waals surface area (Å²) >= 11 is 1.65. The van der Waals surface area contributed by atoms with Crippen molar-refractivity contribution < 1.29 is 4.79 Å². The van der Waals surface area contributed by atoms with Gasteiger partial charge in [0.1, 0.15) is 0 Å². The molecule has 0 unspecified atom stereocenters. The maximum Gasteiger partial charge on any atom is 0.232 e. The van der Waals surface area contributed by atoms with E-state index in [1.165, 1.54) is 16.0 Å². The molecule has 4 heteroatoms. The number of benzene rings is 1. The normalized spacial score (nSPS) is 16.2. The summed E-state index contributed by atoms with van der Waals surface area (Å²) in [5, 5.41) is 3.32. The predicted molar refractivity (Wildman–Crippen MR) is 80.7 cm³/mol. The van der Waals surface area contributed by atoms with Crippen LogP contribution in [0.3, 0.4) is 0 Å². The summed E-state index contributed by atoms with van der Waals surface area (Å²) in [7, 11) is 0. The van der Waals surface area contributed by atoms with Crippen LogP contribution in [0.5, 0.6) is 0 Å². The molecule has 0 radical (unpaired) electrons. The second-order valence-corrected chi connectivity index (χ2v) is 6.06. The van der Waals surface area contributed by atoms with Gasteiger partial charge in [-0.1, -0.05) is 17.7 Å². The molecule has 0 spiro atoms. The number of aryl methyl sites for hydroxylation is 2. The molecule has 2 rings (SSSR count). The quantitative estimate of drug-likeness (QED) is 0.861. The number of hydrogen-bond acceptors (Lipinski definition) is 3. The van der Waals surface area contributed by atoms with E-state index in [1.807, 2.05) is 4.90 Å². The molecule has 104 valence electrons. The highest BCUT2D eigenvalue weighted by molar-refractivity contribution is 8.00. The molecule has 1 aromatic rings. The van der Waals surface area contributed by atoms with E-state index in [4.69, 9.17) is 0 Å². The molecule has 0 aliphatic carbocycles. The Morgan fingerprint density at radius 1 is 1.32 bits per heavy atom. The Kier molecular flexibility index (Phi) is 5.28. The predicted octanol–water partition coefficient (Wildman–Crippen LogP) is 2.22. The van der Waals surface area contributed by atoms with Crippen molar-refractivity contribution in [3.05, 3.63) is 29.3 Å². The maximum absolute atomic E-state index is 12.2. The summed E-state index contributed by atoms with van der Waals surface area (Å²) < 4.78 is 0. The van der Waals surface area contributed by atoms with Crippen LogP contribution in [-0.2, 0) is 4.79 Å². The third-order valence-corrected chi connectivity index (χ3v) is 4.53. The minimum atomic E-state index is 0.258. The summed E-state index contributed by atoms with van der Waals surface area (Å²) in [4.78, 5) is 15.4. The fourth-order valence-electron chi connectivity index (χ4n) is 2.29. The van der Waals surface area contributed by atoms with Crippen LogP contribution >= 0.6 is 11.8 Å². The minimum Gasteiger partial charge on any atom is -0.341 e. The Morgan fingerprint density at radius 3 is 2.95 bits per heavy atom. The van der Waals surface area contributed by atoms with E-state index < -0.39 is 0 Å². The summed E-state index contributed by atoms with van der Waals surface area (Å²) in [6, 6.07) is 6.39. The van der Waals surface area contributed by atoms with E-state index >= 15 is 0 Å². The summed E-state index contributed by atoms with van der Waals surface area (Å²) in [5.41, 5.74) is 2.53. The van der Waals surface area contributed by atoms with E-state index in [1.54, 1.807) is 11.8 Å². The van der Waals surface area contributed by atoms with Crippen molar-refractivity contribution in [2.75, 3.05) is 31.9 Å². The number of nitrogens with zero attached hydrogens (tertiary/aromatic N) is 1. The lowest BCUT2D eigenvalue weighted by molar-refractivity contribution is -0.128. The Labute approximate surface area is 119 Å². The van der Waals surface area contributed by atoms with Crippen LogP contribution < -0.4 is 5.32 Å². The molecule has 0 saturated carbocycles. The van der Waals surface area contributed by atoms with Crippen molar-refractivity contribution in [3.63, 3.8) is 0 Å². The molecule has 1 aliphatic heterocycles. The van der Waals surface area contributed by atoms with Gasteiger partial charge in [-0.15, -0.1) is 11.8 Å². The van der Waals surface area contributed by atoms with Gasteiger partial charge in [0.05, 0.1) is 5.75 Å². The molecule has 1 aromatic carbocycles. The van der Waals surface area contributed by atoms with Crippen molar-refractivity contribution in [2.45, 2.75) is 25.2 Å². The van der Waals surface area contributed by atoms with Gasteiger partial charge in [-0.3, -0.25) is 4.79 Å². The van der Waals surface area contributed by atoms with E-state index in [-0.39, 0.29) is 5.91 Å². The van der Waals surface area contributed by atoms with Crippen molar-refractivity contribution in [1.82, 2.24) is 10.2 Å². The molecule has 1 amide bonds. The van der Waals surface area contributed by atoms with Gasteiger partial charge in [0.2, 0.25) is 5.91 Å². The molecule has 1 heterocycles. The molecule has 1 fully saturated rings. The van der Waals surface area contributed by atoms with Gasteiger partial charge < -0.3 is 10.2 Å². The Balaban J connectivity index is 1.88. The first-order chi connectivity index (χ1) is 9.16. The largest absolute Gasteiger partial charge is 0.341 e. The molecular formula is C15H22N2OS. The van der Waals surface area contributed by atoms with E-state index in [0.29, 0.717) is 5.75 Å². The molecule has 0 atom stereocenters. The second-order valence-electron chi connectivity index (χ2n) is 5.04. The molecular weight excluding hydrogens is 256 g/mol. The third kappa shape index (κ3) is 4.25. The molecule has 19 heavy (non-hydrogen) atoms. The van der Waals surface area contributed by atoms with Gasteiger partial charge in [-0.2, -0.15) is 0 Å². The summed E-state index contributed by atoms with van der Waals surface area (Å²) in [6.45, 7) is 7.87. The lowest BCUT2D eigenvalue weighted by Gasteiger charge is -2.19. The van der Waals surface area contributed by atoms with Gasteiger partial charge in [-0.05, 0) is 38.4 Å². The highest BCUT2D eigenvalue weighted by Gasteiger charge is 2.15. The van der Waals surface area contributed by atoms with Crippen LogP contribution in [-0.4, -0.2) is 42.7 Å². The van der Waals surface area contributed by atoms with Crippen LogP contribution in [0.25, 0.3) is 0 Å². The molecule has 1 aliphatic rings. The third-order valence-electron chi connectivity index (χ3n) is 3.37. The molecule has 0 aromatic heterocycles. The lowest BCUT2D eigenvalue weighted by atomic mass is 10.2. The van der Waals surface area contributed by atoms with Gasteiger partial charge in [-0.25, -0.2) is 0 Å². The maximum atomic E-state index is 12.2. The topological polar surface area (TPSA) is 32.3 Å². The minimum absolute atomic E-state index is 0.258. The number of rotatable bonds is 3. The molecule has 0 bridgehead atoms. The van der Waals surface area contributed by atoms with Crippen molar-refractivity contribution in [3.8, 4) is 0 Å². The lowest BCUT2D eigenvalue weighted by Crippen LogP contribution is -2.35. The first kappa shape index (κ1) is 14.4. The number of carbonyl (C=O) groups excluding carboxylic acids is 1. The SMILES string of the molecule is Cc1ccc(SCC(=O)N2CCCNCC2)c(C)c1. The van der Waals surface area contributed by atoms with Crippen LogP contribution in [0.15, 0.2) is 23.1 Å². The highest BCUT2D eigenvalue weighted by Crippen LogP contribution is 2.23. The van der Waals surface area contributed by atoms with Gasteiger partial charge in [0.15, 0.2) is 0 Å².